The van der Waals surface area contributed by atoms with Crippen molar-refractivity contribution in [2.45, 2.75) is 20.3 Å². The van der Waals surface area contributed by atoms with Gasteiger partial charge in [0.05, 0.1) is 0 Å². The fraction of sp³-hybridized carbons (Fsp3) is 0.909. The second-order valence-corrected chi connectivity index (χ2v) is 4.82. The molecule has 0 aromatic rings. The summed E-state index contributed by atoms with van der Waals surface area (Å²) in [6.45, 7) is 8.47. The van der Waals surface area contributed by atoms with E-state index in [0.717, 1.165) is 49.6 Å². The van der Waals surface area contributed by atoms with Crippen molar-refractivity contribution in [2.75, 3.05) is 33.4 Å². The third kappa shape index (κ3) is 3.95. The highest BCUT2D eigenvalue weighted by Gasteiger charge is 2.27. The van der Waals surface area contributed by atoms with Crippen molar-refractivity contribution in [3.8, 4) is 0 Å². The first-order valence-electron chi connectivity index (χ1n) is 5.67. The van der Waals surface area contributed by atoms with Gasteiger partial charge in [0.25, 0.3) is 0 Å². The summed E-state index contributed by atoms with van der Waals surface area (Å²) < 4.78 is 4.99. The SMILES string of the molecule is COCCCNC(=S)N1CC(C)C(C)C1. The van der Waals surface area contributed by atoms with Crippen LogP contribution in [-0.2, 0) is 4.74 Å². The molecule has 0 bridgehead atoms. The minimum Gasteiger partial charge on any atom is -0.385 e. The molecule has 88 valence electrons. The van der Waals surface area contributed by atoms with Gasteiger partial charge in [0.1, 0.15) is 0 Å². The van der Waals surface area contributed by atoms with Gasteiger partial charge < -0.3 is 15.0 Å². The summed E-state index contributed by atoms with van der Waals surface area (Å²) in [5.41, 5.74) is 0. The number of nitrogens with one attached hydrogen (secondary N) is 1. The van der Waals surface area contributed by atoms with Crippen LogP contribution in [0.25, 0.3) is 0 Å². The molecule has 0 saturated carbocycles. The maximum absolute atomic E-state index is 5.34. The molecular weight excluding hydrogens is 208 g/mol. The normalized spacial score (nSPS) is 25.7. The summed E-state index contributed by atoms with van der Waals surface area (Å²) >= 11 is 5.34. The predicted octanol–water partition coefficient (Wildman–Crippen LogP) is 1.49. The summed E-state index contributed by atoms with van der Waals surface area (Å²) in [5, 5.41) is 4.18. The average molecular weight is 230 g/mol. The lowest BCUT2D eigenvalue weighted by molar-refractivity contribution is 0.195. The Kier molecular flexibility index (Phi) is 5.32. The van der Waals surface area contributed by atoms with Crippen molar-refractivity contribution < 1.29 is 4.74 Å². The molecule has 2 atom stereocenters. The molecule has 0 amide bonds. The van der Waals surface area contributed by atoms with Gasteiger partial charge in [-0.15, -0.1) is 0 Å². The molecule has 0 spiro atoms. The average Bonchev–Trinajstić information content (AvgIpc) is 2.54. The molecule has 1 aliphatic heterocycles. The van der Waals surface area contributed by atoms with Gasteiger partial charge in [-0.25, -0.2) is 0 Å². The molecule has 0 aromatic carbocycles. The maximum Gasteiger partial charge on any atom is 0.168 e. The number of rotatable bonds is 4. The fourth-order valence-electron chi connectivity index (χ4n) is 1.82. The molecule has 0 aromatic heterocycles. The largest absolute Gasteiger partial charge is 0.385 e. The Bertz CT molecular complexity index is 201. The Hall–Kier alpha value is -0.350. The zero-order valence-corrected chi connectivity index (χ0v) is 10.8. The number of likely N-dealkylation sites (tertiary alicyclic amines) is 1. The summed E-state index contributed by atoms with van der Waals surface area (Å²) in [6.07, 6.45) is 1.01. The lowest BCUT2D eigenvalue weighted by Crippen LogP contribution is -2.39. The van der Waals surface area contributed by atoms with Gasteiger partial charge in [0.15, 0.2) is 5.11 Å². The second-order valence-electron chi connectivity index (χ2n) is 4.44. The first kappa shape index (κ1) is 12.7. The number of methoxy groups -OCH3 is 1. The molecule has 1 fully saturated rings. The minimum atomic E-state index is 0.753. The van der Waals surface area contributed by atoms with E-state index < -0.39 is 0 Å². The molecule has 1 heterocycles. The van der Waals surface area contributed by atoms with Gasteiger partial charge in [0, 0.05) is 33.4 Å². The van der Waals surface area contributed by atoms with E-state index in [-0.39, 0.29) is 0 Å². The molecule has 1 aliphatic rings. The summed E-state index contributed by atoms with van der Waals surface area (Å²) in [4.78, 5) is 2.28. The highest BCUT2D eigenvalue weighted by Crippen LogP contribution is 2.21. The zero-order chi connectivity index (χ0) is 11.3. The first-order chi connectivity index (χ1) is 7.15. The number of ether oxygens (including phenoxy) is 1. The van der Waals surface area contributed by atoms with E-state index in [4.69, 9.17) is 17.0 Å². The Morgan fingerprint density at radius 2 is 2.00 bits per heavy atom. The standard InChI is InChI=1S/C11H22N2OS/c1-9-7-13(8-10(9)2)11(15)12-5-4-6-14-3/h9-10H,4-8H2,1-3H3,(H,12,15). The van der Waals surface area contributed by atoms with Crippen molar-refractivity contribution in [3.63, 3.8) is 0 Å². The minimum absolute atomic E-state index is 0.753. The predicted molar refractivity (Wildman–Crippen MR) is 67.0 cm³/mol. The van der Waals surface area contributed by atoms with Crippen molar-refractivity contribution in [2.24, 2.45) is 11.8 Å². The number of nitrogens with zero attached hydrogens (tertiary/aromatic N) is 1. The highest BCUT2D eigenvalue weighted by molar-refractivity contribution is 7.80. The molecule has 4 heteroatoms. The first-order valence-corrected chi connectivity index (χ1v) is 6.07. The zero-order valence-electron chi connectivity index (χ0n) is 9.95. The van der Waals surface area contributed by atoms with Crippen LogP contribution in [0.5, 0.6) is 0 Å². The molecule has 0 radical (unpaired) electrons. The van der Waals surface area contributed by atoms with Gasteiger partial charge in [-0.3, -0.25) is 0 Å². The van der Waals surface area contributed by atoms with E-state index in [9.17, 15) is 0 Å². The molecule has 1 N–H and O–H groups in total. The Balaban J connectivity index is 2.18. The topological polar surface area (TPSA) is 24.5 Å². The van der Waals surface area contributed by atoms with E-state index in [1.165, 1.54) is 0 Å². The molecule has 3 nitrogen and oxygen atoms in total. The molecule has 2 unspecified atom stereocenters. The van der Waals surface area contributed by atoms with Crippen LogP contribution in [0.3, 0.4) is 0 Å². The van der Waals surface area contributed by atoms with E-state index >= 15 is 0 Å². The van der Waals surface area contributed by atoms with Crippen LogP contribution in [0.4, 0.5) is 0 Å². The summed E-state index contributed by atoms with van der Waals surface area (Å²) in [5.74, 6) is 1.51. The van der Waals surface area contributed by atoms with Crippen molar-refractivity contribution in [1.29, 1.82) is 0 Å². The summed E-state index contributed by atoms with van der Waals surface area (Å²) in [6, 6.07) is 0. The number of hydrogen-bond acceptors (Lipinski definition) is 2. The van der Waals surface area contributed by atoms with Crippen molar-refractivity contribution in [3.05, 3.63) is 0 Å². The number of hydrogen-bond donors (Lipinski definition) is 1. The smallest absolute Gasteiger partial charge is 0.168 e. The van der Waals surface area contributed by atoms with Gasteiger partial charge >= 0.3 is 0 Å². The van der Waals surface area contributed by atoms with Crippen LogP contribution in [0.2, 0.25) is 0 Å². The maximum atomic E-state index is 5.34. The molecule has 15 heavy (non-hydrogen) atoms. The molecule has 1 saturated heterocycles. The van der Waals surface area contributed by atoms with Gasteiger partial charge in [-0.1, -0.05) is 13.8 Å². The van der Waals surface area contributed by atoms with Crippen LogP contribution < -0.4 is 5.32 Å². The van der Waals surface area contributed by atoms with Crippen LogP contribution in [-0.4, -0.2) is 43.4 Å². The third-order valence-corrected chi connectivity index (χ3v) is 3.48. The van der Waals surface area contributed by atoms with Crippen molar-refractivity contribution in [1.82, 2.24) is 10.2 Å². The van der Waals surface area contributed by atoms with E-state index in [1.54, 1.807) is 7.11 Å². The highest BCUT2D eigenvalue weighted by atomic mass is 32.1. The Morgan fingerprint density at radius 3 is 2.53 bits per heavy atom. The van der Waals surface area contributed by atoms with Crippen LogP contribution in [0.1, 0.15) is 20.3 Å². The van der Waals surface area contributed by atoms with Gasteiger partial charge in [0.2, 0.25) is 0 Å². The quantitative estimate of drug-likeness (QED) is 0.584. The van der Waals surface area contributed by atoms with Crippen molar-refractivity contribution >= 4 is 17.3 Å². The lowest BCUT2D eigenvalue weighted by atomic mass is 10.0. The second kappa shape index (κ2) is 6.28. The molecule has 0 aliphatic carbocycles. The van der Waals surface area contributed by atoms with E-state index in [1.807, 2.05) is 0 Å². The van der Waals surface area contributed by atoms with Crippen LogP contribution >= 0.6 is 12.2 Å². The third-order valence-electron chi connectivity index (χ3n) is 3.08. The van der Waals surface area contributed by atoms with Gasteiger partial charge in [-0.2, -0.15) is 0 Å². The summed E-state index contributed by atoms with van der Waals surface area (Å²) in [7, 11) is 1.72. The number of thiocarbonyl (C=S) groups is 1. The fourth-order valence-corrected chi connectivity index (χ4v) is 2.07. The van der Waals surface area contributed by atoms with Gasteiger partial charge in [-0.05, 0) is 30.5 Å². The molecule has 1 rings (SSSR count). The molecular formula is C11H22N2OS. The Morgan fingerprint density at radius 1 is 1.40 bits per heavy atom. The Labute approximate surface area is 98.2 Å². The monoisotopic (exact) mass is 230 g/mol. The van der Waals surface area contributed by atoms with Crippen LogP contribution in [0, 0.1) is 11.8 Å². The van der Waals surface area contributed by atoms with E-state index in [0.29, 0.717) is 0 Å². The van der Waals surface area contributed by atoms with E-state index in [2.05, 4.69) is 24.1 Å². The van der Waals surface area contributed by atoms with Crippen LogP contribution in [0.15, 0.2) is 0 Å². The lowest BCUT2D eigenvalue weighted by Gasteiger charge is -2.20.